The molecule has 0 N–H and O–H groups in total. The van der Waals surface area contributed by atoms with Gasteiger partial charge in [0.25, 0.3) is 0 Å². The smallest absolute Gasteiger partial charge is 0.211 e. The molecule has 0 fully saturated rings. The van der Waals surface area contributed by atoms with E-state index in [-0.39, 0.29) is 5.78 Å². The van der Waals surface area contributed by atoms with Crippen molar-refractivity contribution in [2.75, 3.05) is 0 Å². The molecule has 0 aliphatic heterocycles. The van der Waals surface area contributed by atoms with E-state index in [1.54, 1.807) is 24.1 Å². The Morgan fingerprint density at radius 1 is 1.30 bits per heavy atom. The Labute approximate surface area is 117 Å². The van der Waals surface area contributed by atoms with Crippen LogP contribution in [-0.4, -0.2) is 20.5 Å². The van der Waals surface area contributed by atoms with Crippen molar-refractivity contribution >= 4 is 16.6 Å². The molecule has 0 unspecified atom stereocenters. The second-order valence-corrected chi connectivity index (χ2v) is 4.73. The molecule has 0 aliphatic rings. The summed E-state index contributed by atoms with van der Waals surface area (Å²) >= 11 is 0. The van der Waals surface area contributed by atoms with Gasteiger partial charge in [0.05, 0.1) is 5.69 Å². The lowest BCUT2D eigenvalue weighted by molar-refractivity contribution is 0.103. The van der Waals surface area contributed by atoms with Crippen molar-refractivity contribution in [2.24, 2.45) is 7.05 Å². The van der Waals surface area contributed by atoms with Crippen molar-refractivity contribution in [2.45, 2.75) is 13.3 Å². The third-order valence-electron chi connectivity index (χ3n) is 3.45. The van der Waals surface area contributed by atoms with Crippen molar-refractivity contribution < 1.29 is 4.79 Å². The van der Waals surface area contributed by atoms with Crippen molar-refractivity contribution in [1.82, 2.24) is 14.8 Å². The molecule has 4 nitrogen and oxygen atoms in total. The van der Waals surface area contributed by atoms with Gasteiger partial charge in [-0.3, -0.25) is 14.5 Å². The van der Waals surface area contributed by atoms with Gasteiger partial charge in [-0.1, -0.05) is 25.1 Å². The molecule has 1 aromatic carbocycles. The molecule has 100 valence electrons. The van der Waals surface area contributed by atoms with Crippen LogP contribution in [-0.2, 0) is 13.5 Å². The van der Waals surface area contributed by atoms with Gasteiger partial charge < -0.3 is 0 Å². The lowest BCUT2D eigenvalue weighted by Crippen LogP contribution is -2.08. The summed E-state index contributed by atoms with van der Waals surface area (Å²) in [4.78, 5) is 16.8. The summed E-state index contributed by atoms with van der Waals surface area (Å²) in [7, 11) is 1.80. The van der Waals surface area contributed by atoms with Gasteiger partial charge >= 0.3 is 0 Å². The highest BCUT2D eigenvalue weighted by molar-refractivity contribution is 6.15. The average Bonchev–Trinajstić information content (AvgIpc) is 2.87. The zero-order valence-corrected chi connectivity index (χ0v) is 11.5. The van der Waals surface area contributed by atoms with E-state index in [0.29, 0.717) is 11.3 Å². The number of hydrogen-bond acceptors (Lipinski definition) is 3. The third kappa shape index (κ3) is 1.99. The molecule has 0 radical (unpaired) electrons. The van der Waals surface area contributed by atoms with Gasteiger partial charge in [-0.2, -0.15) is 5.10 Å². The Morgan fingerprint density at radius 2 is 2.15 bits per heavy atom. The molecule has 2 heterocycles. The number of aryl methyl sites for hydroxylation is 2. The van der Waals surface area contributed by atoms with Gasteiger partial charge in [0, 0.05) is 30.4 Å². The molecule has 4 heteroatoms. The summed E-state index contributed by atoms with van der Waals surface area (Å²) in [6.45, 7) is 2.03. The van der Waals surface area contributed by atoms with Crippen LogP contribution in [0.2, 0.25) is 0 Å². The van der Waals surface area contributed by atoms with Gasteiger partial charge in [-0.05, 0) is 23.9 Å². The van der Waals surface area contributed by atoms with Crippen LogP contribution in [0.25, 0.3) is 10.8 Å². The number of carbonyl (C=O) groups is 1. The number of ketones is 1. The summed E-state index contributed by atoms with van der Waals surface area (Å²) in [6, 6.07) is 9.48. The molecule has 0 bridgehead atoms. The van der Waals surface area contributed by atoms with E-state index in [1.165, 1.54) is 0 Å². The molecule has 0 saturated heterocycles. The SMILES string of the molecule is CCc1cc(C(=O)c2cccc3ccncc23)n(C)n1. The molecular weight excluding hydrogens is 250 g/mol. The fourth-order valence-electron chi connectivity index (χ4n) is 2.36. The van der Waals surface area contributed by atoms with Crippen molar-refractivity contribution in [3.63, 3.8) is 0 Å². The van der Waals surface area contributed by atoms with E-state index in [1.807, 2.05) is 37.3 Å². The molecule has 3 rings (SSSR count). The number of rotatable bonds is 3. The van der Waals surface area contributed by atoms with E-state index in [2.05, 4.69) is 10.1 Å². The summed E-state index contributed by atoms with van der Waals surface area (Å²) in [5.74, 6) is -0.0155. The molecule has 0 saturated carbocycles. The molecule has 2 aromatic heterocycles. The van der Waals surface area contributed by atoms with Gasteiger partial charge in [-0.15, -0.1) is 0 Å². The molecular formula is C16H15N3O. The van der Waals surface area contributed by atoms with Crippen molar-refractivity contribution in [3.8, 4) is 0 Å². The van der Waals surface area contributed by atoms with Crippen LogP contribution in [0.1, 0.15) is 28.7 Å². The van der Waals surface area contributed by atoms with Crippen molar-refractivity contribution in [1.29, 1.82) is 0 Å². The van der Waals surface area contributed by atoms with Crippen LogP contribution in [0.3, 0.4) is 0 Å². The number of fused-ring (bicyclic) bond motifs is 1. The normalized spacial score (nSPS) is 10.9. The van der Waals surface area contributed by atoms with Crippen LogP contribution in [0.5, 0.6) is 0 Å². The standard InChI is InChI=1S/C16H15N3O/c1-3-12-9-15(19(2)18-12)16(20)13-6-4-5-11-7-8-17-10-14(11)13/h4-10H,3H2,1-2H3. The minimum absolute atomic E-state index is 0.0155. The zero-order valence-electron chi connectivity index (χ0n) is 11.5. The van der Waals surface area contributed by atoms with E-state index >= 15 is 0 Å². The van der Waals surface area contributed by atoms with E-state index < -0.39 is 0 Å². The molecule has 20 heavy (non-hydrogen) atoms. The van der Waals surface area contributed by atoms with Crippen LogP contribution in [0.15, 0.2) is 42.7 Å². The maximum atomic E-state index is 12.7. The molecule has 0 amide bonds. The van der Waals surface area contributed by atoms with Gasteiger partial charge in [-0.25, -0.2) is 0 Å². The second-order valence-electron chi connectivity index (χ2n) is 4.73. The van der Waals surface area contributed by atoms with Gasteiger partial charge in [0.1, 0.15) is 5.69 Å². The number of hydrogen-bond donors (Lipinski definition) is 0. The van der Waals surface area contributed by atoms with Crippen LogP contribution in [0, 0.1) is 0 Å². The highest BCUT2D eigenvalue weighted by atomic mass is 16.1. The lowest BCUT2D eigenvalue weighted by Gasteiger charge is -2.05. The van der Waals surface area contributed by atoms with Crippen molar-refractivity contribution in [3.05, 3.63) is 59.7 Å². The Morgan fingerprint density at radius 3 is 2.90 bits per heavy atom. The van der Waals surface area contributed by atoms with Crippen LogP contribution >= 0.6 is 0 Å². The fourth-order valence-corrected chi connectivity index (χ4v) is 2.36. The summed E-state index contributed by atoms with van der Waals surface area (Å²) < 4.78 is 1.65. The molecule has 0 aliphatic carbocycles. The summed E-state index contributed by atoms with van der Waals surface area (Å²) in [6.07, 6.45) is 4.29. The number of aromatic nitrogens is 3. The topological polar surface area (TPSA) is 47.8 Å². The summed E-state index contributed by atoms with van der Waals surface area (Å²) in [5, 5.41) is 6.23. The molecule has 0 spiro atoms. The second kappa shape index (κ2) is 4.89. The lowest BCUT2D eigenvalue weighted by atomic mass is 10.0. The first-order valence-electron chi connectivity index (χ1n) is 6.61. The molecule has 3 aromatic rings. The Kier molecular flexibility index (Phi) is 3.06. The minimum atomic E-state index is -0.0155. The quantitative estimate of drug-likeness (QED) is 0.684. The van der Waals surface area contributed by atoms with Gasteiger partial charge in [0.2, 0.25) is 5.78 Å². The highest BCUT2D eigenvalue weighted by Crippen LogP contribution is 2.20. The number of benzene rings is 1. The third-order valence-corrected chi connectivity index (χ3v) is 3.45. The van der Waals surface area contributed by atoms with E-state index in [0.717, 1.165) is 22.9 Å². The van der Waals surface area contributed by atoms with Crippen LogP contribution < -0.4 is 0 Å². The van der Waals surface area contributed by atoms with Gasteiger partial charge in [0.15, 0.2) is 0 Å². The predicted molar refractivity (Wildman–Crippen MR) is 77.8 cm³/mol. The Hall–Kier alpha value is -2.49. The monoisotopic (exact) mass is 265 g/mol. The fraction of sp³-hybridized carbons (Fsp3) is 0.188. The largest absolute Gasteiger partial charge is 0.287 e. The Balaban J connectivity index is 2.15. The van der Waals surface area contributed by atoms with Crippen LogP contribution in [0.4, 0.5) is 0 Å². The highest BCUT2D eigenvalue weighted by Gasteiger charge is 2.17. The first kappa shape index (κ1) is 12.5. The predicted octanol–water partition coefficient (Wildman–Crippen LogP) is 2.76. The van der Waals surface area contributed by atoms with E-state index in [4.69, 9.17) is 0 Å². The number of pyridine rings is 1. The average molecular weight is 265 g/mol. The maximum Gasteiger partial charge on any atom is 0.211 e. The number of carbonyl (C=O) groups excluding carboxylic acids is 1. The number of nitrogens with zero attached hydrogens (tertiary/aromatic N) is 3. The Bertz CT molecular complexity index is 784. The first-order chi connectivity index (χ1) is 9.70. The van der Waals surface area contributed by atoms with E-state index in [9.17, 15) is 4.79 Å². The minimum Gasteiger partial charge on any atom is -0.287 e. The summed E-state index contributed by atoms with van der Waals surface area (Å²) in [5.41, 5.74) is 2.20. The zero-order chi connectivity index (χ0) is 14.1. The molecule has 0 atom stereocenters. The maximum absolute atomic E-state index is 12.7. The first-order valence-corrected chi connectivity index (χ1v) is 6.61.